The monoisotopic (exact) mass is 209 g/mol. The van der Waals surface area contributed by atoms with E-state index in [4.69, 9.17) is 4.74 Å². The molecule has 0 saturated heterocycles. The Kier molecular flexibility index (Phi) is 4.12. The van der Waals surface area contributed by atoms with E-state index in [9.17, 15) is 5.11 Å². The molecule has 0 saturated carbocycles. The summed E-state index contributed by atoms with van der Waals surface area (Å²) in [5.74, 6) is 1.18. The molecule has 3 nitrogen and oxygen atoms in total. The number of hydrogen-bond acceptors (Lipinski definition) is 3. The fourth-order valence-corrected chi connectivity index (χ4v) is 1.47. The first-order valence-electron chi connectivity index (χ1n) is 5.13. The van der Waals surface area contributed by atoms with Crippen molar-refractivity contribution in [1.82, 2.24) is 5.32 Å². The van der Waals surface area contributed by atoms with Gasteiger partial charge in [0.05, 0.1) is 7.11 Å². The molecule has 1 aromatic rings. The topological polar surface area (TPSA) is 41.5 Å². The first kappa shape index (κ1) is 12.0. The Morgan fingerprint density at radius 3 is 2.47 bits per heavy atom. The number of aliphatic hydroxyl groups is 1. The summed E-state index contributed by atoms with van der Waals surface area (Å²) in [5.41, 5.74) is 1.98. The van der Waals surface area contributed by atoms with E-state index in [0.29, 0.717) is 5.92 Å². The number of rotatable bonds is 4. The summed E-state index contributed by atoms with van der Waals surface area (Å²) >= 11 is 0. The summed E-state index contributed by atoms with van der Waals surface area (Å²) in [7, 11) is 3.33. The fourth-order valence-electron chi connectivity index (χ4n) is 1.47. The second kappa shape index (κ2) is 5.14. The predicted molar refractivity (Wildman–Crippen MR) is 61.1 cm³/mol. The molecular weight excluding hydrogens is 190 g/mol. The van der Waals surface area contributed by atoms with E-state index in [0.717, 1.165) is 11.3 Å². The van der Waals surface area contributed by atoms with Gasteiger partial charge in [-0.3, -0.25) is 5.32 Å². The van der Waals surface area contributed by atoms with Crippen molar-refractivity contribution in [2.24, 2.45) is 0 Å². The molecule has 0 radical (unpaired) electrons. The lowest BCUT2D eigenvalue weighted by Crippen LogP contribution is -2.16. The molecule has 1 unspecified atom stereocenters. The third kappa shape index (κ3) is 2.70. The zero-order valence-corrected chi connectivity index (χ0v) is 9.74. The molecule has 0 aliphatic carbocycles. The molecule has 0 spiro atoms. The molecule has 2 N–H and O–H groups in total. The van der Waals surface area contributed by atoms with E-state index in [-0.39, 0.29) is 0 Å². The number of nitrogens with one attached hydrogen (secondary N) is 1. The van der Waals surface area contributed by atoms with Gasteiger partial charge in [-0.15, -0.1) is 0 Å². The first-order chi connectivity index (χ1) is 7.10. The van der Waals surface area contributed by atoms with Gasteiger partial charge in [-0.1, -0.05) is 26.0 Å². The summed E-state index contributed by atoms with van der Waals surface area (Å²) in [6, 6.07) is 5.89. The van der Waals surface area contributed by atoms with Gasteiger partial charge in [0.15, 0.2) is 0 Å². The summed E-state index contributed by atoms with van der Waals surface area (Å²) in [6.45, 7) is 4.26. The molecule has 0 aliphatic rings. The van der Waals surface area contributed by atoms with E-state index in [1.165, 1.54) is 5.56 Å². The Morgan fingerprint density at radius 2 is 2.00 bits per heavy atom. The van der Waals surface area contributed by atoms with Crippen LogP contribution >= 0.6 is 0 Å². The van der Waals surface area contributed by atoms with Gasteiger partial charge in [-0.25, -0.2) is 0 Å². The van der Waals surface area contributed by atoms with E-state index in [1.54, 1.807) is 14.2 Å². The van der Waals surface area contributed by atoms with Crippen LogP contribution in [0, 0.1) is 0 Å². The molecule has 0 bridgehead atoms. The molecule has 0 aromatic heterocycles. The largest absolute Gasteiger partial charge is 0.496 e. The molecule has 15 heavy (non-hydrogen) atoms. The van der Waals surface area contributed by atoms with Crippen molar-refractivity contribution >= 4 is 0 Å². The first-order valence-corrected chi connectivity index (χ1v) is 5.13. The molecule has 0 aliphatic heterocycles. The molecule has 1 rings (SSSR count). The number of hydrogen-bond donors (Lipinski definition) is 2. The van der Waals surface area contributed by atoms with Crippen LogP contribution in [-0.4, -0.2) is 19.3 Å². The van der Waals surface area contributed by atoms with Gasteiger partial charge in [0, 0.05) is 5.56 Å². The molecule has 0 heterocycles. The zero-order chi connectivity index (χ0) is 11.4. The van der Waals surface area contributed by atoms with Crippen molar-refractivity contribution in [3.05, 3.63) is 29.3 Å². The van der Waals surface area contributed by atoms with E-state index in [1.807, 2.05) is 18.2 Å². The van der Waals surface area contributed by atoms with Crippen molar-refractivity contribution < 1.29 is 9.84 Å². The average molecular weight is 209 g/mol. The van der Waals surface area contributed by atoms with Gasteiger partial charge in [-0.05, 0) is 24.6 Å². The summed E-state index contributed by atoms with van der Waals surface area (Å²) in [5, 5.41) is 12.5. The number of ether oxygens (including phenoxy) is 1. The lowest BCUT2D eigenvalue weighted by Gasteiger charge is -2.16. The van der Waals surface area contributed by atoms with Crippen LogP contribution < -0.4 is 10.1 Å². The molecular formula is C12H19NO2. The van der Waals surface area contributed by atoms with Crippen LogP contribution in [0.15, 0.2) is 18.2 Å². The van der Waals surface area contributed by atoms with Gasteiger partial charge in [0.1, 0.15) is 12.0 Å². The van der Waals surface area contributed by atoms with Crippen LogP contribution in [0.3, 0.4) is 0 Å². The number of aliphatic hydroxyl groups excluding tert-OH is 1. The maximum Gasteiger partial charge on any atom is 0.134 e. The number of benzene rings is 1. The summed E-state index contributed by atoms with van der Waals surface area (Å²) in [4.78, 5) is 0. The standard InChI is InChI=1S/C12H19NO2/c1-8(2)9-5-6-10(12(14)13-3)11(7-9)15-4/h5-8,12-14H,1-4H3. The van der Waals surface area contributed by atoms with Gasteiger partial charge < -0.3 is 9.84 Å². The lowest BCUT2D eigenvalue weighted by atomic mass is 10.0. The third-order valence-corrected chi connectivity index (χ3v) is 2.49. The maximum absolute atomic E-state index is 9.68. The van der Waals surface area contributed by atoms with Crippen LogP contribution in [-0.2, 0) is 0 Å². The maximum atomic E-state index is 9.68. The van der Waals surface area contributed by atoms with Crippen molar-refractivity contribution in [3.63, 3.8) is 0 Å². The Bertz CT molecular complexity index is 323. The minimum Gasteiger partial charge on any atom is -0.496 e. The minimum atomic E-state index is -0.679. The highest BCUT2D eigenvalue weighted by molar-refractivity contribution is 5.39. The van der Waals surface area contributed by atoms with Gasteiger partial charge in [0.2, 0.25) is 0 Å². The minimum absolute atomic E-state index is 0.458. The Morgan fingerprint density at radius 1 is 1.33 bits per heavy atom. The molecule has 84 valence electrons. The Labute approximate surface area is 91.1 Å². The van der Waals surface area contributed by atoms with Crippen LogP contribution in [0.2, 0.25) is 0 Å². The smallest absolute Gasteiger partial charge is 0.134 e. The zero-order valence-electron chi connectivity index (χ0n) is 9.74. The van der Waals surface area contributed by atoms with E-state index >= 15 is 0 Å². The van der Waals surface area contributed by atoms with Gasteiger partial charge >= 0.3 is 0 Å². The quantitative estimate of drug-likeness (QED) is 0.745. The average Bonchev–Trinajstić information content (AvgIpc) is 2.27. The SMILES string of the molecule is CNC(O)c1ccc(C(C)C)cc1OC. The normalized spacial score (nSPS) is 12.9. The predicted octanol–water partition coefficient (Wildman–Crippen LogP) is 2.03. The highest BCUT2D eigenvalue weighted by Gasteiger charge is 2.12. The Balaban J connectivity index is 3.09. The molecule has 1 aromatic carbocycles. The van der Waals surface area contributed by atoms with Crippen LogP contribution in [0.4, 0.5) is 0 Å². The fraction of sp³-hybridized carbons (Fsp3) is 0.500. The highest BCUT2D eigenvalue weighted by Crippen LogP contribution is 2.27. The summed E-state index contributed by atoms with van der Waals surface area (Å²) < 4.78 is 5.26. The second-order valence-electron chi connectivity index (χ2n) is 3.85. The lowest BCUT2D eigenvalue weighted by molar-refractivity contribution is 0.145. The van der Waals surface area contributed by atoms with Gasteiger partial charge in [-0.2, -0.15) is 0 Å². The third-order valence-electron chi connectivity index (χ3n) is 2.49. The molecule has 0 fully saturated rings. The second-order valence-corrected chi connectivity index (χ2v) is 3.85. The van der Waals surface area contributed by atoms with Crippen molar-refractivity contribution in [2.45, 2.75) is 26.0 Å². The van der Waals surface area contributed by atoms with Gasteiger partial charge in [0.25, 0.3) is 0 Å². The number of methoxy groups -OCH3 is 1. The van der Waals surface area contributed by atoms with Crippen molar-refractivity contribution in [3.8, 4) is 5.75 Å². The van der Waals surface area contributed by atoms with Crippen molar-refractivity contribution in [1.29, 1.82) is 0 Å². The molecule has 3 heteroatoms. The van der Waals surface area contributed by atoms with Crippen LogP contribution in [0.1, 0.15) is 37.1 Å². The summed E-state index contributed by atoms with van der Waals surface area (Å²) in [6.07, 6.45) is -0.679. The van der Waals surface area contributed by atoms with E-state index in [2.05, 4.69) is 19.2 Å². The van der Waals surface area contributed by atoms with Crippen LogP contribution in [0.5, 0.6) is 5.75 Å². The Hall–Kier alpha value is -1.06. The molecule has 0 amide bonds. The van der Waals surface area contributed by atoms with Crippen molar-refractivity contribution in [2.75, 3.05) is 14.2 Å². The van der Waals surface area contributed by atoms with Crippen LogP contribution in [0.25, 0.3) is 0 Å². The molecule has 1 atom stereocenters. The highest BCUT2D eigenvalue weighted by atomic mass is 16.5. The van der Waals surface area contributed by atoms with E-state index < -0.39 is 6.23 Å².